The first-order valence-electron chi connectivity index (χ1n) is 11.6. The Hall–Kier alpha value is -1.15. The summed E-state index contributed by atoms with van der Waals surface area (Å²) in [6.07, 6.45) is 10.7. The predicted molar refractivity (Wildman–Crippen MR) is 112 cm³/mol. The molecule has 1 aromatic rings. The Labute approximate surface area is 170 Å². The summed E-state index contributed by atoms with van der Waals surface area (Å²) in [4.78, 5) is 12.6. The first-order chi connectivity index (χ1) is 13.3. The van der Waals surface area contributed by atoms with Crippen LogP contribution in [0.15, 0.2) is 30.3 Å². The van der Waals surface area contributed by atoms with Crippen molar-refractivity contribution in [2.24, 2.45) is 34.5 Å². The lowest BCUT2D eigenvalue weighted by molar-refractivity contribution is -0.153. The minimum Gasteiger partial charge on any atom is -0.390 e. The number of aliphatic hydroxyl groups is 1. The van der Waals surface area contributed by atoms with Crippen molar-refractivity contribution in [3.63, 3.8) is 0 Å². The van der Waals surface area contributed by atoms with E-state index in [-0.39, 0.29) is 5.41 Å². The average Bonchev–Trinajstić information content (AvgIpc) is 2.98. The molecule has 0 bridgehead atoms. The minimum atomic E-state index is -0.537. The fraction of sp³-hybridized carbons (Fsp3) is 0.731. The third-order valence-corrected chi connectivity index (χ3v) is 9.91. The summed E-state index contributed by atoms with van der Waals surface area (Å²) < 4.78 is 0. The second kappa shape index (κ2) is 6.42. The van der Waals surface area contributed by atoms with Gasteiger partial charge in [-0.15, -0.1) is 0 Å². The summed E-state index contributed by atoms with van der Waals surface area (Å²) in [5, 5.41) is 11.5. The quantitative estimate of drug-likeness (QED) is 0.728. The summed E-state index contributed by atoms with van der Waals surface area (Å²) in [5.74, 6) is 3.31. The van der Waals surface area contributed by atoms with Crippen molar-refractivity contribution in [1.82, 2.24) is 0 Å². The highest BCUT2D eigenvalue weighted by Crippen LogP contribution is 2.66. The molecule has 0 spiro atoms. The van der Waals surface area contributed by atoms with E-state index in [9.17, 15) is 9.90 Å². The summed E-state index contributed by atoms with van der Waals surface area (Å²) in [6.45, 7) is 4.81. The van der Waals surface area contributed by atoms with E-state index in [0.29, 0.717) is 23.0 Å². The molecule has 1 N–H and O–H groups in total. The fourth-order valence-electron chi connectivity index (χ4n) is 8.23. The van der Waals surface area contributed by atoms with Crippen LogP contribution in [0.2, 0.25) is 0 Å². The van der Waals surface area contributed by atoms with Crippen LogP contribution in [-0.2, 0) is 11.2 Å². The first-order valence-corrected chi connectivity index (χ1v) is 11.6. The maximum Gasteiger partial charge on any atom is 0.139 e. The number of ketones is 1. The van der Waals surface area contributed by atoms with Crippen LogP contribution >= 0.6 is 0 Å². The summed E-state index contributed by atoms with van der Waals surface area (Å²) >= 11 is 0. The highest BCUT2D eigenvalue weighted by molar-refractivity contribution is 5.87. The van der Waals surface area contributed by atoms with Gasteiger partial charge in [0.2, 0.25) is 0 Å². The monoisotopic (exact) mass is 380 g/mol. The molecule has 152 valence electrons. The third kappa shape index (κ3) is 2.74. The van der Waals surface area contributed by atoms with Crippen LogP contribution < -0.4 is 0 Å². The maximum absolute atomic E-state index is 12.6. The van der Waals surface area contributed by atoms with E-state index in [1.807, 2.05) is 0 Å². The van der Waals surface area contributed by atoms with Crippen LogP contribution in [0, 0.1) is 34.5 Å². The number of hydrogen-bond donors (Lipinski definition) is 1. The van der Waals surface area contributed by atoms with Crippen molar-refractivity contribution in [3.05, 3.63) is 35.9 Å². The van der Waals surface area contributed by atoms with Gasteiger partial charge in [0, 0.05) is 18.3 Å². The maximum atomic E-state index is 12.6. The van der Waals surface area contributed by atoms with Crippen LogP contribution in [0.4, 0.5) is 0 Å². The van der Waals surface area contributed by atoms with Crippen LogP contribution in [0.1, 0.15) is 77.2 Å². The Morgan fingerprint density at radius 1 is 0.964 bits per heavy atom. The second-order valence-corrected chi connectivity index (χ2v) is 11.2. The number of benzene rings is 1. The molecule has 0 aliphatic heterocycles. The highest BCUT2D eigenvalue weighted by Gasteiger charge is 2.61. The molecule has 4 fully saturated rings. The summed E-state index contributed by atoms with van der Waals surface area (Å²) in [5.41, 5.74) is 1.07. The number of fused-ring (bicyclic) bond motifs is 5. The molecule has 5 unspecified atom stereocenters. The van der Waals surface area contributed by atoms with Gasteiger partial charge in [-0.2, -0.15) is 0 Å². The van der Waals surface area contributed by atoms with Crippen LogP contribution in [0.25, 0.3) is 0 Å². The Kier molecular flexibility index (Phi) is 4.32. The van der Waals surface area contributed by atoms with E-state index >= 15 is 0 Å². The van der Waals surface area contributed by atoms with Crippen molar-refractivity contribution < 1.29 is 9.90 Å². The zero-order valence-electron chi connectivity index (χ0n) is 17.6. The molecule has 5 rings (SSSR count). The molecule has 1 aromatic carbocycles. The van der Waals surface area contributed by atoms with E-state index in [1.54, 1.807) is 0 Å². The molecule has 0 radical (unpaired) electrons. The zero-order valence-corrected chi connectivity index (χ0v) is 17.6. The molecule has 4 aliphatic rings. The molecule has 0 heterocycles. The van der Waals surface area contributed by atoms with Gasteiger partial charge >= 0.3 is 0 Å². The van der Waals surface area contributed by atoms with Crippen molar-refractivity contribution >= 4 is 5.78 Å². The van der Waals surface area contributed by atoms with Gasteiger partial charge in [-0.3, -0.25) is 4.79 Å². The van der Waals surface area contributed by atoms with Crippen molar-refractivity contribution in [3.8, 4) is 0 Å². The SMILES string of the molecule is CC12CCC3C(CCC4C[C@@](O)(Cc5ccccc5)CC[C@@]43C)C1CCC2=O. The Balaban J connectivity index is 1.36. The number of rotatable bonds is 2. The number of carbonyl (C=O) groups excluding carboxylic acids is 1. The van der Waals surface area contributed by atoms with Crippen molar-refractivity contribution in [2.75, 3.05) is 0 Å². The lowest BCUT2D eigenvalue weighted by Gasteiger charge is -2.61. The van der Waals surface area contributed by atoms with Crippen LogP contribution in [-0.4, -0.2) is 16.5 Å². The zero-order chi connectivity index (χ0) is 19.6. The van der Waals surface area contributed by atoms with E-state index in [1.165, 1.54) is 24.8 Å². The smallest absolute Gasteiger partial charge is 0.139 e. The van der Waals surface area contributed by atoms with Gasteiger partial charge < -0.3 is 5.11 Å². The van der Waals surface area contributed by atoms with Gasteiger partial charge in [-0.1, -0.05) is 44.2 Å². The Morgan fingerprint density at radius 3 is 2.54 bits per heavy atom. The number of carbonyl (C=O) groups is 1. The molecule has 4 aliphatic carbocycles. The predicted octanol–water partition coefficient (Wildman–Crippen LogP) is 5.57. The van der Waals surface area contributed by atoms with Gasteiger partial charge in [0.15, 0.2) is 0 Å². The highest BCUT2D eigenvalue weighted by atomic mass is 16.3. The fourth-order valence-corrected chi connectivity index (χ4v) is 8.23. The molecule has 2 heteroatoms. The number of hydrogen-bond acceptors (Lipinski definition) is 2. The lowest BCUT2D eigenvalue weighted by Crippen LogP contribution is -2.56. The molecule has 0 aromatic heterocycles. The largest absolute Gasteiger partial charge is 0.390 e. The number of Topliss-reactive ketones (excluding diaryl/α,β-unsaturated/α-hetero) is 1. The van der Waals surface area contributed by atoms with Gasteiger partial charge in [0.1, 0.15) is 5.78 Å². The normalized spacial score (nSPS) is 47.9. The Morgan fingerprint density at radius 2 is 1.75 bits per heavy atom. The molecule has 7 atom stereocenters. The second-order valence-electron chi connectivity index (χ2n) is 11.2. The average molecular weight is 381 g/mol. The molecule has 28 heavy (non-hydrogen) atoms. The van der Waals surface area contributed by atoms with E-state index in [0.717, 1.165) is 56.8 Å². The summed E-state index contributed by atoms with van der Waals surface area (Å²) in [6, 6.07) is 10.5. The topological polar surface area (TPSA) is 37.3 Å². The van der Waals surface area contributed by atoms with Crippen molar-refractivity contribution in [1.29, 1.82) is 0 Å². The summed E-state index contributed by atoms with van der Waals surface area (Å²) in [7, 11) is 0. The van der Waals surface area contributed by atoms with E-state index in [2.05, 4.69) is 44.2 Å². The minimum absolute atomic E-state index is 0.0208. The lowest BCUT2D eigenvalue weighted by atomic mass is 9.44. The molecule has 4 saturated carbocycles. The van der Waals surface area contributed by atoms with Gasteiger partial charge in [0.25, 0.3) is 0 Å². The first kappa shape index (κ1) is 18.9. The van der Waals surface area contributed by atoms with Crippen molar-refractivity contribution in [2.45, 2.75) is 83.7 Å². The van der Waals surface area contributed by atoms with Crippen LogP contribution in [0.5, 0.6) is 0 Å². The molecular formula is C26H36O2. The van der Waals surface area contributed by atoms with Crippen LogP contribution in [0.3, 0.4) is 0 Å². The molecule has 0 saturated heterocycles. The molecule has 2 nitrogen and oxygen atoms in total. The molecule has 0 amide bonds. The van der Waals surface area contributed by atoms with Gasteiger partial charge in [0.05, 0.1) is 5.60 Å². The van der Waals surface area contributed by atoms with Gasteiger partial charge in [-0.25, -0.2) is 0 Å². The standard InChI is InChI=1S/C26H36O2/c1-24-14-15-26(28,16-18-6-4-3-5-7-18)17-19(24)8-9-20-21-10-11-23(27)25(21,2)13-12-22(20)24/h3-7,19-22,28H,8-17H2,1-2H3/t19?,20?,21?,22?,24-,25?,26-/m0/s1. The Bertz CT molecular complexity index is 757. The third-order valence-electron chi connectivity index (χ3n) is 9.91. The van der Waals surface area contributed by atoms with E-state index in [4.69, 9.17) is 0 Å². The van der Waals surface area contributed by atoms with E-state index < -0.39 is 5.60 Å². The van der Waals surface area contributed by atoms with Gasteiger partial charge in [-0.05, 0) is 86.0 Å². The molecular weight excluding hydrogens is 344 g/mol.